The maximum atomic E-state index is 11.7. The van der Waals surface area contributed by atoms with Crippen LogP contribution in [0, 0.1) is 0 Å². The highest BCUT2D eigenvalue weighted by Gasteiger charge is 2.17. The third-order valence-electron chi connectivity index (χ3n) is 6.61. The molecule has 36 heavy (non-hydrogen) atoms. The normalized spacial score (nSPS) is 13.1. The SMILES string of the molecule is CCCCCCCCCCCCCCCCCCCCC(COP(O)OCCCNC)OC(=O)CC. The lowest BCUT2D eigenvalue weighted by Crippen LogP contribution is -2.22. The molecule has 0 saturated carbocycles. The quantitative estimate of drug-likeness (QED) is 0.0569. The maximum absolute atomic E-state index is 11.7. The number of hydrogen-bond donors (Lipinski definition) is 2. The van der Waals surface area contributed by atoms with E-state index in [-0.39, 0.29) is 18.7 Å². The zero-order valence-electron chi connectivity index (χ0n) is 24.1. The van der Waals surface area contributed by atoms with E-state index in [1.165, 1.54) is 103 Å². The molecule has 2 N–H and O–H groups in total. The predicted molar refractivity (Wildman–Crippen MR) is 153 cm³/mol. The van der Waals surface area contributed by atoms with Gasteiger partial charge in [0, 0.05) is 6.42 Å². The van der Waals surface area contributed by atoms with E-state index in [0.717, 1.165) is 32.2 Å². The summed E-state index contributed by atoms with van der Waals surface area (Å²) in [5.74, 6) is -0.219. The molecule has 0 aromatic rings. The van der Waals surface area contributed by atoms with Gasteiger partial charge in [0.25, 0.3) is 0 Å². The van der Waals surface area contributed by atoms with Gasteiger partial charge in [0.2, 0.25) is 0 Å². The largest absolute Gasteiger partial charge is 0.460 e. The molecule has 0 aromatic carbocycles. The Morgan fingerprint density at radius 2 is 1.19 bits per heavy atom. The standard InChI is InChI=1S/C29H60NO5P/c1-4-6-7-8-9-10-11-12-13-14-15-16-17-18-19-20-21-22-24-28(35-29(31)5-2)27-34-36(32)33-26-23-25-30-3/h28,30,32H,4-27H2,1-3H3. The molecular formula is C29H60NO5P. The fraction of sp³-hybridized carbons (Fsp3) is 0.966. The maximum Gasteiger partial charge on any atom is 0.329 e. The van der Waals surface area contributed by atoms with Crippen molar-refractivity contribution in [1.29, 1.82) is 0 Å². The molecule has 0 spiro atoms. The summed E-state index contributed by atoms with van der Waals surface area (Å²) in [5, 5.41) is 3.03. The Hall–Kier alpha value is -0.260. The molecule has 7 heteroatoms. The van der Waals surface area contributed by atoms with E-state index in [9.17, 15) is 9.69 Å². The first-order chi connectivity index (χ1) is 17.6. The molecule has 0 aliphatic heterocycles. The smallest absolute Gasteiger partial charge is 0.329 e. The number of rotatable bonds is 29. The number of hydrogen-bond acceptors (Lipinski definition) is 6. The van der Waals surface area contributed by atoms with E-state index in [0.29, 0.717) is 13.0 Å². The molecule has 0 aromatic heterocycles. The topological polar surface area (TPSA) is 77.0 Å². The fourth-order valence-corrected chi connectivity index (χ4v) is 4.95. The number of nitrogens with one attached hydrogen (secondary N) is 1. The summed E-state index contributed by atoms with van der Waals surface area (Å²) in [6.45, 7) is 5.55. The summed E-state index contributed by atoms with van der Waals surface area (Å²) >= 11 is 0. The fourth-order valence-electron chi connectivity index (χ4n) is 4.29. The molecule has 0 aliphatic rings. The Bertz CT molecular complexity index is 455. The van der Waals surface area contributed by atoms with Crippen molar-refractivity contribution in [2.45, 2.75) is 155 Å². The molecule has 0 fully saturated rings. The van der Waals surface area contributed by atoms with Crippen LogP contribution in [0.25, 0.3) is 0 Å². The first-order valence-corrected chi connectivity index (χ1v) is 16.4. The van der Waals surface area contributed by atoms with Gasteiger partial charge in [-0.3, -0.25) is 4.79 Å². The summed E-state index contributed by atoms with van der Waals surface area (Å²) in [6, 6.07) is 0. The molecule has 0 amide bonds. The van der Waals surface area contributed by atoms with E-state index < -0.39 is 8.60 Å². The highest BCUT2D eigenvalue weighted by Crippen LogP contribution is 2.33. The summed E-state index contributed by atoms with van der Waals surface area (Å²) in [7, 11) is -0.0389. The van der Waals surface area contributed by atoms with Gasteiger partial charge in [0.15, 0.2) is 0 Å². The Morgan fingerprint density at radius 3 is 1.64 bits per heavy atom. The van der Waals surface area contributed by atoms with Crippen molar-refractivity contribution in [3.8, 4) is 0 Å². The third-order valence-corrected chi connectivity index (χ3v) is 7.38. The lowest BCUT2D eigenvalue weighted by Gasteiger charge is -2.19. The van der Waals surface area contributed by atoms with Gasteiger partial charge in [-0.15, -0.1) is 0 Å². The molecule has 0 bridgehead atoms. The zero-order valence-corrected chi connectivity index (χ0v) is 25.0. The van der Waals surface area contributed by atoms with Crippen LogP contribution in [0.4, 0.5) is 0 Å². The number of carbonyl (C=O) groups is 1. The first-order valence-electron chi connectivity index (χ1n) is 15.2. The van der Waals surface area contributed by atoms with Crippen LogP contribution >= 0.6 is 8.60 Å². The van der Waals surface area contributed by atoms with Crippen molar-refractivity contribution in [2.24, 2.45) is 0 Å². The highest BCUT2D eigenvalue weighted by atomic mass is 31.2. The zero-order chi connectivity index (χ0) is 26.5. The second-order valence-corrected chi connectivity index (χ2v) is 11.1. The molecule has 0 radical (unpaired) electrons. The summed E-state index contributed by atoms with van der Waals surface area (Å²) in [4.78, 5) is 21.6. The van der Waals surface area contributed by atoms with E-state index >= 15 is 0 Å². The van der Waals surface area contributed by atoms with Crippen LogP contribution in [-0.2, 0) is 18.6 Å². The summed E-state index contributed by atoms with van der Waals surface area (Å²) in [5.41, 5.74) is 0. The predicted octanol–water partition coefficient (Wildman–Crippen LogP) is 8.60. The Balaban J connectivity index is 3.61. The first kappa shape index (κ1) is 35.7. The van der Waals surface area contributed by atoms with Crippen molar-refractivity contribution in [3.63, 3.8) is 0 Å². The van der Waals surface area contributed by atoms with Gasteiger partial charge >= 0.3 is 14.6 Å². The lowest BCUT2D eigenvalue weighted by molar-refractivity contribution is -0.150. The van der Waals surface area contributed by atoms with Crippen molar-refractivity contribution >= 4 is 14.6 Å². The molecule has 0 rings (SSSR count). The van der Waals surface area contributed by atoms with Gasteiger partial charge < -0.3 is 24.0 Å². The van der Waals surface area contributed by atoms with Crippen LogP contribution in [0.2, 0.25) is 0 Å². The Labute approximate surface area is 225 Å². The van der Waals surface area contributed by atoms with Crippen molar-refractivity contribution in [2.75, 3.05) is 26.8 Å². The molecule has 2 atom stereocenters. The molecule has 6 nitrogen and oxygen atoms in total. The van der Waals surface area contributed by atoms with Gasteiger partial charge in [-0.2, -0.15) is 0 Å². The molecule has 0 saturated heterocycles. The third kappa shape index (κ3) is 26.8. The van der Waals surface area contributed by atoms with Crippen molar-refractivity contribution < 1.29 is 23.5 Å². The summed E-state index contributed by atoms with van der Waals surface area (Å²) < 4.78 is 16.2. The van der Waals surface area contributed by atoms with Gasteiger partial charge in [-0.25, -0.2) is 0 Å². The Morgan fingerprint density at radius 1 is 0.722 bits per heavy atom. The molecule has 0 aliphatic carbocycles. The van der Waals surface area contributed by atoms with E-state index in [2.05, 4.69) is 12.2 Å². The van der Waals surface area contributed by atoms with E-state index in [1.807, 2.05) is 7.05 Å². The van der Waals surface area contributed by atoms with Crippen LogP contribution in [0.1, 0.15) is 149 Å². The van der Waals surface area contributed by atoms with Gasteiger partial charge in [0.1, 0.15) is 6.10 Å². The highest BCUT2D eigenvalue weighted by molar-refractivity contribution is 7.40. The van der Waals surface area contributed by atoms with Crippen molar-refractivity contribution in [1.82, 2.24) is 5.32 Å². The number of carbonyl (C=O) groups excluding carboxylic acids is 1. The number of esters is 1. The van der Waals surface area contributed by atoms with Crippen LogP contribution < -0.4 is 5.32 Å². The average Bonchev–Trinajstić information content (AvgIpc) is 2.88. The lowest BCUT2D eigenvalue weighted by atomic mass is 10.0. The monoisotopic (exact) mass is 533 g/mol. The minimum Gasteiger partial charge on any atom is -0.460 e. The van der Waals surface area contributed by atoms with Gasteiger partial charge in [-0.05, 0) is 32.9 Å². The second-order valence-electron chi connectivity index (χ2n) is 10.1. The summed E-state index contributed by atoms with van der Waals surface area (Å²) in [6.07, 6.45) is 25.9. The second kappa shape index (κ2) is 29.3. The number of ether oxygens (including phenoxy) is 1. The van der Waals surface area contributed by atoms with E-state index in [1.54, 1.807) is 6.92 Å². The molecule has 2 unspecified atom stereocenters. The van der Waals surface area contributed by atoms with Gasteiger partial charge in [-0.1, -0.05) is 123 Å². The van der Waals surface area contributed by atoms with Gasteiger partial charge in [0.05, 0.1) is 13.2 Å². The van der Waals surface area contributed by atoms with Crippen LogP contribution in [-0.4, -0.2) is 43.8 Å². The Kier molecular flexibility index (Phi) is 29.1. The number of unbranched alkanes of at least 4 members (excludes halogenated alkanes) is 17. The minimum absolute atomic E-state index is 0.193. The molecular weight excluding hydrogens is 473 g/mol. The minimum atomic E-state index is -1.92. The van der Waals surface area contributed by atoms with E-state index in [4.69, 9.17) is 13.8 Å². The van der Waals surface area contributed by atoms with Crippen LogP contribution in [0.5, 0.6) is 0 Å². The van der Waals surface area contributed by atoms with Crippen molar-refractivity contribution in [3.05, 3.63) is 0 Å². The van der Waals surface area contributed by atoms with Crippen LogP contribution in [0.15, 0.2) is 0 Å². The van der Waals surface area contributed by atoms with Crippen LogP contribution in [0.3, 0.4) is 0 Å². The molecule has 216 valence electrons. The molecule has 0 heterocycles. The average molecular weight is 534 g/mol.